The molecule has 2 aromatic rings. The Morgan fingerprint density at radius 1 is 0.864 bits per heavy atom. The molecule has 1 unspecified atom stereocenters. The van der Waals surface area contributed by atoms with E-state index in [4.69, 9.17) is 5.73 Å². The number of anilines is 2. The number of hydrogen-bond acceptors (Lipinski definition) is 3. The Hall–Kier alpha value is -2.00. The van der Waals surface area contributed by atoms with Crippen LogP contribution in [0.4, 0.5) is 11.4 Å². The minimum absolute atomic E-state index is 0.352. The Morgan fingerprint density at radius 3 is 2.05 bits per heavy atom. The fourth-order valence-corrected chi connectivity index (χ4v) is 2.61. The molecule has 1 atom stereocenters. The van der Waals surface area contributed by atoms with Crippen molar-refractivity contribution in [3.05, 3.63) is 59.7 Å². The molecule has 22 heavy (non-hydrogen) atoms. The van der Waals surface area contributed by atoms with Crippen molar-refractivity contribution in [3.63, 3.8) is 0 Å². The SMILES string of the molecule is CN(C)c1ccc(CC(CN)c2cccc(N(C)C)c2)cc1. The largest absolute Gasteiger partial charge is 0.378 e. The molecule has 0 bridgehead atoms. The van der Waals surface area contributed by atoms with Crippen LogP contribution in [0.1, 0.15) is 17.0 Å². The molecule has 0 aromatic heterocycles. The van der Waals surface area contributed by atoms with Gasteiger partial charge in [0.25, 0.3) is 0 Å². The maximum atomic E-state index is 6.04. The first-order valence-corrected chi connectivity index (χ1v) is 7.75. The topological polar surface area (TPSA) is 32.5 Å². The lowest BCUT2D eigenvalue weighted by atomic mass is 9.91. The number of nitrogens with two attached hydrogens (primary N) is 1. The number of nitrogens with zero attached hydrogens (tertiary/aromatic N) is 2. The van der Waals surface area contributed by atoms with Gasteiger partial charge in [-0.1, -0.05) is 24.3 Å². The van der Waals surface area contributed by atoms with Crippen LogP contribution in [0.15, 0.2) is 48.5 Å². The van der Waals surface area contributed by atoms with E-state index in [9.17, 15) is 0 Å². The molecule has 0 amide bonds. The second-order valence-electron chi connectivity index (χ2n) is 6.19. The molecule has 0 spiro atoms. The minimum atomic E-state index is 0.352. The first-order valence-electron chi connectivity index (χ1n) is 7.75. The van der Waals surface area contributed by atoms with Gasteiger partial charge in [-0.25, -0.2) is 0 Å². The van der Waals surface area contributed by atoms with Crippen LogP contribution in [0.25, 0.3) is 0 Å². The molecule has 0 aliphatic rings. The average molecular weight is 297 g/mol. The molecule has 0 saturated heterocycles. The third-order valence-corrected chi connectivity index (χ3v) is 4.08. The van der Waals surface area contributed by atoms with E-state index in [0.717, 1.165) is 6.42 Å². The van der Waals surface area contributed by atoms with Gasteiger partial charge < -0.3 is 15.5 Å². The van der Waals surface area contributed by atoms with Gasteiger partial charge >= 0.3 is 0 Å². The molecule has 2 rings (SSSR count). The van der Waals surface area contributed by atoms with Gasteiger partial charge in [0.1, 0.15) is 0 Å². The van der Waals surface area contributed by atoms with E-state index in [-0.39, 0.29) is 0 Å². The number of rotatable bonds is 6. The first kappa shape index (κ1) is 16.4. The van der Waals surface area contributed by atoms with Crippen molar-refractivity contribution >= 4 is 11.4 Å². The van der Waals surface area contributed by atoms with Crippen molar-refractivity contribution in [2.75, 3.05) is 44.5 Å². The van der Waals surface area contributed by atoms with Crippen LogP contribution in [0, 0.1) is 0 Å². The molecule has 0 aliphatic heterocycles. The van der Waals surface area contributed by atoms with Crippen LogP contribution in [-0.2, 0) is 6.42 Å². The molecule has 0 saturated carbocycles. The third-order valence-electron chi connectivity index (χ3n) is 4.08. The van der Waals surface area contributed by atoms with Crippen LogP contribution in [0.2, 0.25) is 0 Å². The maximum absolute atomic E-state index is 6.04. The quantitative estimate of drug-likeness (QED) is 0.889. The van der Waals surface area contributed by atoms with Crippen molar-refractivity contribution < 1.29 is 0 Å². The van der Waals surface area contributed by atoms with E-state index in [1.54, 1.807) is 0 Å². The van der Waals surface area contributed by atoms with Crippen molar-refractivity contribution in [3.8, 4) is 0 Å². The standard InChI is InChI=1S/C19H27N3/c1-21(2)18-10-8-15(9-11-18)12-17(14-20)16-6-5-7-19(13-16)22(3)4/h5-11,13,17H,12,14,20H2,1-4H3. The summed E-state index contributed by atoms with van der Waals surface area (Å²) in [7, 11) is 8.25. The van der Waals surface area contributed by atoms with E-state index in [1.807, 2.05) is 0 Å². The Morgan fingerprint density at radius 2 is 1.50 bits per heavy atom. The van der Waals surface area contributed by atoms with Gasteiger partial charge in [0.05, 0.1) is 0 Å². The average Bonchev–Trinajstić information content (AvgIpc) is 2.53. The minimum Gasteiger partial charge on any atom is -0.378 e. The smallest absolute Gasteiger partial charge is 0.0363 e. The van der Waals surface area contributed by atoms with Gasteiger partial charge in [0.15, 0.2) is 0 Å². The Bertz CT molecular complexity index is 588. The highest BCUT2D eigenvalue weighted by atomic mass is 15.1. The molecule has 118 valence electrons. The maximum Gasteiger partial charge on any atom is 0.0363 e. The fraction of sp³-hybridized carbons (Fsp3) is 0.368. The summed E-state index contributed by atoms with van der Waals surface area (Å²) in [4.78, 5) is 4.24. The van der Waals surface area contributed by atoms with Gasteiger partial charge in [0.2, 0.25) is 0 Å². The lowest BCUT2D eigenvalue weighted by Crippen LogP contribution is -2.16. The zero-order chi connectivity index (χ0) is 16.1. The molecule has 2 aromatic carbocycles. The Labute approximate surface area is 134 Å². The highest BCUT2D eigenvalue weighted by Crippen LogP contribution is 2.24. The molecule has 3 nitrogen and oxygen atoms in total. The molecule has 0 fully saturated rings. The summed E-state index contributed by atoms with van der Waals surface area (Å²) in [6.07, 6.45) is 0.973. The summed E-state index contributed by atoms with van der Waals surface area (Å²) in [5, 5.41) is 0. The number of benzene rings is 2. The van der Waals surface area contributed by atoms with Gasteiger partial charge in [-0.05, 0) is 48.4 Å². The lowest BCUT2D eigenvalue weighted by molar-refractivity contribution is 0.694. The third kappa shape index (κ3) is 4.01. The highest BCUT2D eigenvalue weighted by molar-refractivity contribution is 5.49. The van der Waals surface area contributed by atoms with Gasteiger partial charge in [0, 0.05) is 45.5 Å². The predicted molar refractivity (Wildman–Crippen MR) is 97.0 cm³/mol. The van der Waals surface area contributed by atoms with Crippen LogP contribution < -0.4 is 15.5 Å². The molecular weight excluding hydrogens is 270 g/mol. The van der Waals surface area contributed by atoms with E-state index in [2.05, 4.69) is 86.5 Å². The van der Waals surface area contributed by atoms with Gasteiger partial charge in [-0.15, -0.1) is 0 Å². The molecule has 0 heterocycles. The normalized spacial score (nSPS) is 12.0. The zero-order valence-electron chi connectivity index (χ0n) is 14.1. The Kier molecular flexibility index (Phi) is 5.45. The molecule has 0 radical (unpaired) electrons. The molecule has 3 heteroatoms. The first-order chi connectivity index (χ1) is 10.5. The summed E-state index contributed by atoms with van der Waals surface area (Å²) in [6, 6.07) is 17.4. The van der Waals surface area contributed by atoms with E-state index >= 15 is 0 Å². The van der Waals surface area contributed by atoms with E-state index < -0.39 is 0 Å². The van der Waals surface area contributed by atoms with Crippen LogP contribution in [0.5, 0.6) is 0 Å². The van der Waals surface area contributed by atoms with Crippen molar-refractivity contribution in [2.24, 2.45) is 5.73 Å². The summed E-state index contributed by atoms with van der Waals surface area (Å²) >= 11 is 0. The zero-order valence-corrected chi connectivity index (χ0v) is 14.1. The van der Waals surface area contributed by atoms with Crippen LogP contribution in [0.3, 0.4) is 0 Å². The number of hydrogen-bond donors (Lipinski definition) is 1. The van der Waals surface area contributed by atoms with Crippen LogP contribution >= 0.6 is 0 Å². The lowest BCUT2D eigenvalue weighted by Gasteiger charge is -2.19. The summed E-state index contributed by atoms with van der Waals surface area (Å²) < 4.78 is 0. The predicted octanol–water partition coefficient (Wildman–Crippen LogP) is 3.10. The van der Waals surface area contributed by atoms with Crippen LogP contribution in [-0.4, -0.2) is 34.7 Å². The molecule has 2 N–H and O–H groups in total. The summed E-state index contributed by atoms with van der Waals surface area (Å²) in [5.74, 6) is 0.352. The summed E-state index contributed by atoms with van der Waals surface area (Å²) in [5.41, 5.74) is 11.1. The second-order valence-corrected chi connectivity index (χ2v) is 6.19. The van der Waals surface area contributed by atoms with Crippen molar-refractivity contribution in [1.82, 2.24) is 0 Å². The Balaban J connectivity index is 2.16. The second kappa shape index (κ2) is 7.32. The summed E-state index contributed by atoms with van der Waals surface area (Å²) in [6.45, 7) is 0.659. The van der Waals surface area contributed by atoms with Crippen molar-refractivity contribution in [2.45, 2.75) is 12.3 Å². The molecule has 0 aliphatic carbocycles. The monoisotopic (exact) mass is 297 g/mol. The van der Waals surface area contributed by atoms with E-state index in [0.29, 0.717) is 12.5 Å². The van der Waals surface area contributed by atoms with Gasteiger partial charge in [-0.3, -0.25) is 0 Å². The van der Waals surface area contributed by atoms with Gasteiger partial charge in [-0.2, -0.15) is 0 Å². The fourth-order valence-electron chi connectivity index (χ4n) is 2.61. The van der Waals surface area contributed by atoms with E-state index in [1.165, 1.54) is 22.5 Å². The molecular formula is C19H27N3. The van der Waals surface area contributed by atoms with Crippen molar-refractivity contribution in [1.29, 1.82) is 0 Å². The highest BCUT2D eigenvalue weighted by Gasteiger charge is 2.12.